The molecular weight excluding hydrogens is 446 g/mol. The fourth-order valence-corrected chi connectivity index (χ4v) is 5.01. The number of carbonyl (C=O) groups is 1. The van der Waals surface area contributed by atoms with Crippen LogP contribution < -0.4 is 0 Å². The van der Waals surface area contributed by atoms with Gasteiger partial charge in [-0.25, -0.2) is 0 Å². The van der Waals surface area contributed by atoms with Crippen molar-refractivity contribution in [2.75, 3.05) is 26.2 Å². The number of aliphatic hydroxyl groups excluding tert-OH is 1. The molecule has 0 aromatic carbocycles. The third-order valence-electron chi connectivity index (χ3n) is 7.41. The van der Waals surface area contributed by atoms with E-state index < -0.39 is 0 Å². The fraction of sp³-hybridized carbons (Fsp3) is 0.969. The predicted octanol–water partition coefficient (Wildman–Crippen LogP) is 9.22. The highest BCUT2D eigenvalue weighted by Gasteiger charge is 2.14. The Bertz CT molecular complexity index is 443. The van der Waals surface area contributed by atoms with Crippen LogP contribution in [0.2, 0.25) is 0 Å². The Morgan fingerprint density at radius 3 is 1.50 bits per heavy atom. The van der Waals surface area contributed by atoms with Crippen molar-refractivity contribution in [2.24, 2.45) is 0 Å². The largest absolute Gasteiger partial charge is 0.462 e. The Kier molecular flexibility index (Phi) is 28.5. The first kappa shape index (κ1) is 35.4. The zero-order valence-corrected chi connectivity index (χ0v) is 24.9. The molecule has 0 rings (SSSR count). The quantitative estimate of drug-likeness (QED) is 0.0803. The topological polar surface area (TPSA) is 49.8 Å². The van der Waals surface area contributed by atoms with Crippen molar-refractivity contribution in [3.8, 4) is 0 Å². The summed E-state index contributed by atoms with van der Waals surface area (Å²) in [4.78, 5) is 14.9. The summed E-state index contributed by atoms with van der Waals surface area (Å²) in [5.74, 6) is 0.0251. The van der Waals surface area contributed by atoms with E-state index in [0.717, 1.165) is 45.3 Å². The number of hydrogen-bond acceptors (Lipinski definition) is 4. The van der Waals surface area contributed by atoms with Gasteiger partial charge in [0.1, 0.15) is 6.10 Å². The third kappa shape index (κ3) is 25.1. The van der Waals surface area contributed by atoms with Crippen LogP contribution >= 0.6 is 0 Å². The first-order chi connectivity index (χ1) is 17.7. The molecule has 4 heteroatoms. The molecule has 1 N–H and O–H groups in total. The maximum Gasteiger partial charge on any atom is 0.306 e. The van der Waals surface area contributed by atoms with E-state index in [0.29, 0.717) is 6.42 Å². The van der Waals surface area contributed by atoms with E-state index in [2.05, 4.69) is 25.7 Å². The maximum atomic E-state index is 12.5. The lowest BCUT2D eigenvalue weighted by Gasteiger charge is -2.21. The van der Waals surface area contributed by atoms with Crippen LogP contribution in [0.1, 0.15) is 168 Å². The standard InChI is InChI=1S/C32H65NO3/c1-4-7-10-13-17-22-27-33(29-30-34)28-23-18-14-16-21-26-32(35)36-31(24-19-12-9-6-3)25-20-15-11-8-5-2/h31,34H,4-30H2,1-3H3. The van der Waals surface area contributed by atoms with Crippen molar-refractivity contribution in [1.82, 2.24) is 4.90 Å². The summed E-state index contributed by atoms with van der Waals surface area (Å²) in [5, 5.41) is 9.36. The van der Waals surface area contributed by atoms with E-state index in [4.69, 9.17) is 4.74 Å². The summed E-state index contributed by atoms with van der Waals surface area (Å²) >= 11 is 0. The predicted molar refractivity (Wildman–Crippen MR) is 157 cm³/mol. The minimum absolute atomic E-state index is 0.0251. The Morgan fingerprint density at radius 1 is 0.583 bits per heavy atom. The molecule has 1 unspecified atom stereocenters. The second kappa shape index (κ2) is 29.0. The summed E-state index contributed by atoms with van der Waals surface area (Å²) in [6.45, 7) is 10.0. The van der Waals surface area contributed by atoms with E-state index in [9.17, 15) is 9.90 Å². The van der Waals surface area contributed by atoms with Crippen LogP contribution in [-0.2, 0) is 9.53 Å². The summed E-state index contributed by atoms with van der Waals surface area (Å²) in [7, 11) is 0. The van der Waals surface area contributed by atoms with E-state index in [1.54, 1.807) is 0 Å². The molecule has 0 saturated heterocycles. The van der Waals surface area contributed by atoms with Gasteiger partial charge in [0.05, 0.1) is 6.61 Å². The Balaban J connectivity index is 3.95. The normalized spacial score (nSPS) is 12.4. The van der Waals surface area contributed by atoms with Crippen molar-refractivity contribution < 1.29 is 14.6 Å². The van der Waals surface area contributed by atoms with Crippen molar-refractivity contribution in [1.29, 1.82) is 0 Å². The molecule has 0 spiro atoms. The average molecular weight is 512 g/mol. The second-order valence-electron chi connectivity index (χ2n) is 11.0. The molecule has 0 bridgehead atoms. The molecule has 0 aliphatic carbocycles. The van der Waals surface area contributed by atoms with Crippen LogP contribution in [0.4, 0.5) is 0 Å². The van der Waals surface area contributed by atoms with Crippen molar-refractivity contribution in [2.45, 2.75) is 175 Å². The summed E-state index contributed by atoms with van der Waals surface area (Å²) in [5.41, 5.74) is 0. The Morgan fingerprint density at radius 2 is 1.00 bits per heavy atom. The lowest BCUT2D eigenvalue weighted by atomic mass is 10.0. The van der Waals surface area contributed by atoms with Gasteiger partial charge < -0.3 is 14.7 Å². The number of hydrogen-bond donors (Lipinski definition) is 1. The number of rotatable bonds is 29. The van der Waals surface area contributed by atoms with Gasteiger partial charge >= 0.3 is 5.97 Å². The molecule has 216 valence electrons. The molecule has 4 nitrogen and oxygen atoms in total. The SMILES string of the molecule is CCCCCCCCN(CCO)CCCCCCCC(=O)OC(CCCCCC)CCCCCCC. The van der Waals surface area contributed by atoms with Crippen LogP contribution in [0, 0.1) is 0 Å². The Hall–Kier alpha value is -0.610. The molecule has 0 saturated carbocycles. The van der Waals surface area contributed by atoms with Gasteiger partial charge in [-0.05, 0) is 58.0 Å². The van der Waals surface area contributed by atoms with E-state index in [-0.39, 0.29) is 18.7 Å². The van der Waals surface area contributed by atoms with Crippen molar-refractivity contribution >= 4 is 5.97 Å². The minimum atomic E-state index is 0.0251. The van der Waals surface area contributed by atoms with Gasteiger partial charge in [-0.3, -0.25) is 4.79 Å². The molecule has 36 heavy (non-hydrogen) atoms. The Labute approximate surface area is 226 Å². The van der Waals surface area contributed by atoms with Crippen molar-refractivity contribution in [3.05, 3.63) is 0 Å². The van der Waals surface area contributed by atoms with Gasteiger partial charge in [0, 0.05) is 13.0 Å². The van der Waals surface area contributed by atoms with Crippen LogP contribution in [0.25, 0.3) is 0 Å². The average Bonchev–Trinajstić information content (AvgIpc) is 2.87. The molecular formula is C32H65NO3. The molecule has 0 aromatic heterocycles. The molecule has 0 radical (unpaired) electrons. The number of aliphatic hydroxyl groups is 1. The van der Waals surface area contributed by atoms with Gasteiger partial charge in [-0.15, -0.1) is 0 Å². The molecule has 0 heterocycles. The monoisotopic (exact) mass is 511 g/mol. The summed E-state index contributed by atoms with van der Waals surface area (Å²) < 4.78 is 5.92. The number of nitrogens with zero attached hydrogens (tertiary/aromatic N) is 1. The summed E-state index contributed by atoms with van der Waals surface area (Å²) in [6, 6.07) is 0. The van der Waals surface area contributed by atoms with Gasteiger partial charge in [-0.2, -0.15) is 0 Å². The lowest BCUT2D eigenvalue weighted by Crippen LogP contribution is -2.29. The maximum absolute atomic E-state index is 12.5. The van der Waals surface area contributed by atoms with Gasteiger partial charge in [0.25, 0.3) is 0 Å². The zero-order chi connectivity index (χ0) is 26.5. The molecule has 0 fully saturated rings. The molecule has 0 aliphatic heterocycles. The van der Waals surface area contributed by atoms with E-state index in [1.165, 1.54) is 116 Å². The van der Waals surface area contributed by atoms with Crippen LogP contribution in [0.15, 0.2) is 0 Å². The van der Waals surface area contributed by atoms with Crippen molar-refractivity contribution in [3.63, 3.8) is 0 Å². The number of carbonyl (C=O) groups excluding carboxylic acids is 1. The molecule has 0 amide bonds. The minimum Gasteiger partial charge on any atom is -0.462 e. The van der Waals surface area contributed by atoms with E-state index >= 15 is 0 Å². The highest BCUT2D eigenvalue weighted by molar-refractivity contribution is 5.69. The van der Waals surface area contributed by atoms with Gasteiger partial charge in [-0.1, -0.05) is 117 Å². The first-order valence-corrected chi connectivity index (χ1v) is 16.2. The van der Waals surface area contributed by atoms with Gasteiger partial charge in [0.2, 0.25) is 0 Å². The highest BCUT2D eigenvalue weighted by atomic mass is 16.5. The van der Waals surface area contributed by atoms with Crippen LogP contribution in [0.5, 0.6) is 0 Å². The zero-order valence-electron chi connectivity index (χ0n) is 24.9. The number of ether oxygens (including phenoxy) is 1. The van der Waals surface area contributed by atoms with Gasteiger partial charge in [0.15, 0.2) is 0 Å². The lowest BCUT2D eigenvalue weighted by molar-refractivity contribution is -0.150. The fourth-order valence-electron chi connectivity index (χ4n) is 5.01. The first-order valence-electron chi connectivity index (χ1n) is 16.2. The van der Waals surface area contributed by atoms with Crippen LogP contribution in [0.3, 0.4) is 0 Å². The molecule has 0 aromatic rings. The number of unbranched alkanes of at least 4 members (excludes halogenated alkanes) is 16. The van der Waals surface area contributed by atoms with Crippen LogP contribution in [-0.4, -0.2) is 48.3 Å². The highest BCUT2D eigenvalue weighted by Crippen LogP contribution is 2.17. The summed E-state index contributed by atoms with van der Waals surface area (Å²) in [6.07, 6.45) is 27.8. The third-order valence-corrected chi connectivity index (χ3v) is 7.41. The van der Waals surface area contributed by atoms with E-state index in [1.807, 2.05) is 0 Å². The second-order valence-corrected chi connectivity index (χ2v) is 11.0. The molecule has 0 aliphatic rings. The smallest absolute Gasteiger partial charge is 0.306 e. The number of esters is 1. The molecule has 1 atom stereocenters.